The molecule has 1 atom stereocenters. The molecule has 4 heteroatoms. The van der Waals surface area contributed by atoms with Crippen molar-refractivity contribution in [2.45, 2.75) is 59.0 Å². The fraction of sp³-hybridized carbons (Fsp3) is 0.500. The Morgan fingerprint density at radius 2 is 1.92 bits per heavy atom. The molecule has 1 unspecified atom stereocenters. The van der Waals surface area contributed by atoms with E-state index in [2.05, 4.69) is 59.4 Å². The van der Waals surface area contributed by atoms with E-state index in [4.69, 9.17) is 4.98 Å². The van der Waals surface area contributed by atoms with Crippen LogP contribution in [0.15, 0.2) is 30.3 Å². The second-order valence-corrected chi connectivity index (χ2v) is 6.78. The zero-order valence-corrected chi connectivity index (χ0v) is 15.0. The van der Waals surface area contributed by atoms with Gasteiger partial charge < -0.3 is 10.2 Å². The first-order chi connectivity index (χ1) is 11.7. The fourth-order valence-corrected chi connectivity index (χ4v) is 3.39. The summed E-state index contributed by atoms with van der Waals surface area (Å²) in [5.41, 5.74) is 3.55. The first-order valence-corrected chi connectivity index (χ1v) is 9.07. The molecule has 0 radical (unpaired) electrons. The molecular formula is C20H28N4. The van der Waals surface area contributed by atoms with Gasteiger partial charge in [0.2, 0.25) is 5.95 Å². The maximum absolute atomic E-state index is 4.79. The highest BCUT2D eigenvalue weighted by atomic mass is 15.2. The van der Waals surface area contributed by atoms with Crippen LogP contribution >= 0.6 is 0 Å². The van der Waals surface area contributed by atoms with Crippen molar-refractivity contribution in [3.8, 4) is 0 Å². The maximum atomic E-state index is 4.79. The minimum atomic E-state index is 0.609. The van der Waals surface area contributed by atoms with Crippen LogP contribution in [0.2, 0.25) is 0 Å². The van der Waals surface area contributed by atoms with E-state index >= 15 is 0 Å². The first kappa shape index (κ1) is 16.7. The van der Waals surface area contributed by atoms with Crippen LogP contribution in [0.4, 0.5) is 11.8 Å². The molecule has 2 aromatic rings. The number of piperidine rings is 1. The predicted octanol–water partition coefficient (Wildman–Crippen LogP) is 4.47. The van der Waals surface area contributed by atoms with Gasteiger partial charge in [-0.25, -0.2) is 4.98 Å². The van der Waals surface area contributed by atoms with E-state index < -0.39 is 0 Å². The van der Waals surface area contributed by atoms with Crippen molar-refractivity contribution in [1.29, 1.82) is 0 Å². The van der Waals surface area contributed by atoms with Gasteiger partial charge in [-0.15, -0.1) is 0 Å². The monoisotopic (exact) mass is 324 g/mol. The van der Waals surface area contributed by atoms with E-state index in [9.17, 15) is 0 Å². The molecule has 1 aromatic carbocycles. The number of nitrogens with one attached hydrogen (secondary N) is 1. The van der Waals surface area contributed by atoms with Crippen molar-refractivity contribution in [2.75, 3.05) is 16.8 Å². The number of nitrogens with zero attached hydrogens (tertiary/aromatic N) is 3. The molecule has 0 saturated carbocycles. The third-order valence-corrected chi connectivity index (χ3v) is 4.80. The van der Waals surface area contributed by atoms with Gasteiger partial charge in [-0.3, -0.25) is 0 Å². The summed E-state index contributed by atoms with van der Waals surface area (Å²) in [6.45, 7) is 8.28. The molecule has 1 aliphatic rings. The Labute approximate surface area is 145 Å². The highest BCUT2D eigenvalue weighted by Gasteiger charge is 2.22. The van der Waals surface area contributed by atoms with Crippen molar-refractivity contribution in [3.63, 3.8) is 0 Å². The van der Waals surface area contributed by atoms with Crippen LogP contribution in [0, 0.1) is 13.8 Å². The molecule has 3 rings (SSSR count). The predicted molar refractivity (Wildman–Crippen MR) is 101 cm³/mol. The van der Waals surface area contributed by atoms with Gasteiger partial charge in [0, 0.05) is 30.9 Å². The number of hydrogen-bond acceptors (Lipinski definition) is 4. The molecule has 0 amide bonds. The van der Waals surface area contributed by atoms with E-state index in [-0.39, 0.29) is 0 Å². The van der Waals surface area contributed by atoms with Crippen molar-refractivity contribution in [2.24, 2.45) is 0 Å². The van der Waals surface area contributed by atoms with Crippen molar-refractivity contribution >= 4 is 11.8 Å². The summed E-state index contributed by atoms with van der Waals surface area (Å²) in [5, 5.41) is 3.38. The topological polar surface area (TPSA) is 41.1 Å². The number of aryl methyl sites for hydroxylation is 2. The Bertz CT molecular complexity index is 666. The second-order valence-electron chi connectivity index (χ2n) is 6.78. The van der Waals surface area contributed by atoms with Gasteiger partial charge in [0.25, 0.3) is 0 Å². The quantitative estimate of drug-likeness (QED) is 0.881. The van der Waals surface area contributed by atoms with Crippen LogP contribution in [-0.2, 0) is 6.54 Å². The van der Waals surface area contributed by atoms with Crippen molar-refractivity contribution < 1.29 is 0 Å². The lowest BCUT2D eigenvalue weighted by molar-refractivity contribution is 0.446. The first-order valence-electron chi connectivity index (χ1n) is 9.07. The van der Waals surface area contributed by atoms with E-state index in [0.717, 1.165) is 30.5 Å². The summed E-state index contributed by atoms with van der Waals surface area (Å²) < 4.78 is 0. The molecule has 0 bridgehead atoms. The Morgan fingerprint density at radius 1 is 1.12 bits per heavy atom. The molecule has 1 saturated heterocycles. The molecule has 0 aliphatic carbocycles. The molecule has 1 aliphatic heterocycles. The van der Waals surface area contributed by atoms with Crippen molar-refractivity contribution in [1.82, 2.24) is 9.97 Å². The molecule has 0 spiro atoms. The summed E-state index contributed by atoms with van der Waals surface area (Å²) in [6.07, 6.45) is 5.03. The average Bonchev–Trinajstić information content (AvgIpc) is 2.61. The van der Waals surface area contributed by atoms with Gasteiger partial charge in [0.05, 0.1) is 0 Å². The van der Waals surface area contributed by atoms with Gasteiger partial charge >= 0.3 is 0 Å². The van der Waals surface area contributed by atoms with E-state index in [1.54, 1.807) is 0 Å². The molecule has 1 aromatic heterocycles. The largest absolute Gasteiger partial charge is 0.353 e. The lowest BCUT2D eigenvalue weighted by Crippen LogP contribution is -2.39. The summed E-state index contributed by atoms with van der Waals surface area (Å²) in [7, 11) is 0. The summed E-state index contributed by atoms with van der Waals surface area (Å²) in [4.78, 5) is 11.8. The van der Waals surface area contributed by atoms with Crippen LogP contribution in [0.3, 0.4) is 0 Å². The number of hydrogen-bond donors (Lipinski definition) is 1. The summed E-state index contributed by atoms with van der Waals surface area (Å²) >= 11 is 0. The third kappa shape index (κ3) is 4.05. The number of benzene rings is 1. The normalized spacial score (nSPS) is 17.8. The molecule has 2 heterocycles. The highest BCUT2D eigenvalue weighted by molar-refractivity contribution is 5.46. The average molecular weight is 324 g/mol. The molecular weight excluding hydrogens is 296 g/mol. The third-order valence-electron chi connectivity index (χ3n) is 4.80. The smallest absolute Gasteiger partial charge is 0.225 e. The minimum Gasteiger partial charge on any atom is -0.353 e. The van der Waals surface area contributed by atoms with E-state index in [1.807, 2.05) is 6.92 Å². The van der Waals surface area contributed by atoms with Crippen LogP contribution in [-0.4, -0.2) is 22.6 Å². The summed E-state index contributed by atoms with van der Waals surface area (Å²) in [5.74, 6) is 1.80. The van der Waals surface area contributed by atoms with Crippen LogP contribution in [0.1, 0.15) is 49.4 Å². The highest BCUT2D eigenvalue weighted by Crippen LogP contribution is 2.26. The van der Waals surface area contributed by atoms with Gasteiger partial charge in [0.1, 0.15) is 5.82 Å². The molecule has 4 nitrogen and oxygen atoms in total. The molecule has 24 heavy (non-hydrogen) atoms. The van der Waals surface area contributed by atoms with Gasteiger partial charge in [-0.05, 0) is 45.1 Å². The zero-order valence-electron chi connectivity index (χ0n) is 15.0. The minimum absolute atomic E-state index is 0.609. The SMILES string of the molecule is CCC1CCCCN1c1cc(C)nc(NCc2ccc(C)cc2)n1. The fourth-order valence-electron chi connectivity index (χ4n) is 3.39. The van der Waals surface area contributed by atoms with E-state index in [1.165, 1.54) is 36.8 Å². The van der Waals surface area contributed by atoms with Crippen LogP contribution in [0.5, 0.6) is 0 Å². The number of rotatable bonds is 5. The van der Waals surface area contributed by atoms with Gasteiger partial charge in [-0.1, -0.05) is 36.8 Å². The van der Waals surface area contributed by atoms with Gasteiger partial charge in [0.15, 0.2) is 0 Å². The van der Waals surface area contributed by atoms with E-state index in [0.29, 0.717) is 6.04 Å². The maximum Gasteiger partial charge on any atom is 0.225 e. The standard InChI is InChI=1S/C20H28N4/c1-4-18-7-5-6-12-24(18)19-13-16(3)22-20(23-19)21-14-17-10-8-15(2)9-11-17/h8-11,13,18H,4-7,12,14H2,1-3H3,(H,21,22,23). The summed E-state index contributed by atoms with van der Waals surface area (Å²) in [6, 6.07) is 11.3. The Kier molecular flexibility index (Phi) is 5.34. The van der Waals surface area contributed by atoms with Crippen molar-refractivity contribution in [3.05, 3.63) is 47.2 Å². The van der Waals surface area contributed by atoms with Gasteiger partial charge in [-0.2, -0.15) is 4.98 Å². The lowest BCUT2D eigenvalue weighted by atomic mass is 10.00. The molecule has 1 N–H and O–H groups in total. The molecule has 1 fully saturated rings. The Hall–Kier alpha value is -2.10. The number of aromatic nitrogens is 2. The molecule has 128 valence electrons. The Balaban J connectivity index is 1.74. The lowest BCUT2D eigenvalue weighted by Gasteiger charge is -2.36. The second kappa shape index (κ2) is 7.65. The van der Waals surface area contributed by atoms with Crippen LogP contribution in [0.25, 0.3) is 0 Å². The Morgan fingerprint density at radius 3 is 2.67 bits per heavy atom. The number of anilines is 2. The van der Waals surface area contributed by atoms with Crippen LogP contribution < -0.4 is 10.2 Å². The zero-order chi connectivity index (χ0) is 16.9.